The van der Waals surface area contributed by atoms with Crippen molar-refractivity contribution in [2.45, 2.75) is 24.8 Å². The molecule has 0 spiro atoms. The van der Waals surface area contributed by atoms with Crippen molar-refractivity contribution < 1.29 is 5.11 Å². The molecule has 0 bridgehead atoms. The highest BCUT2D eigenvalue weighted by Crippen LogP contribution is 2.42. The lowest BCUT2D eigenvalue weighted by molar-refractivity contribution is 0.268. The normalized spacial score (nSPS) is 17.6. The molecule has 0 amide bonds. The molecule has 17 heavy (non-hydrogen) atoms. The van der Waals surface area contributed by atoms with Crippen molar-refractivity contribution in [3.05, 3.63) is 23.5 Å². The zero-order valence-electron chi connectivity index (χ0n) is 9.80. The van der Waals surface area contributed by atoms with E-state index in [0.717, 1.165) is 22.3 Å². The highest BCUT2D eigenvalue weighted by Gasteiger charge is 2.29. The Balaban J connectivity index is 2.15. The lowest BCUT2D eigenvalue weighted by atomic mass is 10.1. The minimum absolute atomic E-state index is 0.0633. The lowest BCUT2D eigenvalue weighted by Crippen LogP contribution is -2.14. The number of pyridine rings is 1. The zero-order chi connectivity index (χ0) is 12.0. The molecule has 0 aliphatic heterocycles. The van der Waals surface area contributed by atoms with Crippen molar-refractivity contribution >= 4 is 11.0 Å². The van der Waals surface area contributed by atoms with Crippen LogP contribution in [-0.2, 0) is 7.05 Å². The van der Waals surface area contributed by atoms with E-state index in [0.29, 0.717) is 5.92 Å². The van der Waals surface area contributed by atoms with Gasteiger partial charge in [-0.1, -0.05) is 0 Å². The van der Waals surface area contributed by atoms with E-state index in [1.807, 2.05) is 17.8 Å². The number of aryl methyl sites for hydroxylation is 1. The summed E-state index contributed by atoms with van der Waals surface area (Å²) in [5.41, 5.74) is 8.70. The van der Waals surface area contributed by atoms with Gasteiger partial charge in [0.05, 0.1) is 18.3 Å². The summed E-state index contributed by atoms with van der Waals surface area (Å²) in [6, 6.07) is 1.66. The topological polar surface area (TPSA) is 77.0 Å². The molecular weight excluding hydrogens is 216 g/mol. The fourth-order valence-electron chi connectivity index (χ4n) is 2.15. The Labute approximate surface area is 99.3 Å². The van der Waals surface area contributed by atoms with E-state index in [-0.39, 0.29) is 12.6 Å². The van der Waals surface area contributed by atoms with Crippen molar-refractivity contribution in [1.29, 1.82) is 0 Å². The number of hydrogen-bond donors (Lipinski definition) is 2. The zero-order valence-corrected chi connectivity index (χ0v) is 9.80. The van der Waals surface area contributed by atoms with Gasteiger partial charge in [0.15, 0.2) is 5.65 Å². The monoisotopic (exact) mass is 232 g/mol. The summed E-state index contributed by atoms with van der Waals surface area (Å²) >= 11 is 0. The minimum Gasteiger partial charge on any atom is -0.394 e. The van der Waals surface area contributed by atoms with Crippen LogP contribution in [0.5, 0.6) is 0 Å². The number of aliphatic hydroxyl groups is 1. The Hall–Kier alpha value is -1.46. The molecule has 3 rings (SSSR count). The quantitative estimate of drug-likeness (QED) is 0.822. The van der Waals surface area contributed by atoms with Gasteiger partial charge in [-0.2, -0.15) is 5.10 Å². The van der Waals surface area contributed by atoms with Crippen molar-refractivity contribution in [1.82, 2.24) is 14.8 Å². The minimum atomic E-state index is -0.362. The van der Waals surface area contributed by atoms with Crippen LogP contribution in [0.25, 0.3) is 11.0 Å². The predicted octanol–water partition coefficient (Wildman–Crippen LogP) is 0.838. The van der Waals surface area contributed by atoms with E-state index in [9.17, 15) is 0 Å². The van der Waals surface area contributed by atoms with Gasteiger partial charge in [0.1, 0.15) is 0 Å². The van der Waals surface area contributed by atoms with E-state index in [1.165, 1.54) is 12.8 Å². The van der Waals surface area contributed by atoms with Crippen LogP contribution >= 0.6 is 0 Å². The summed E-state index contributed by atoms with van der Waals surface area (Å²) < 4.78 is 1.82. The number of aromatic nitrogens is 3. The third kappa shape index (κ3) is 1.71. The van der Waals surface area contributed by atoms with Gasteiger partial charge < -0.3 is 10.8 Å². The van der Waals surface area contributed by atoms with Gasteiger partial charge in [-0.3, -0.25) is 4.68 Å². The molecule has 2 heterocycles. The number of nitrogens with two attached hydrogens (primary N) is 1. The maximum Gasteiger partial charge on any atom is 0.157 e. The molecule has 0 aromatic carbocycles. The summed E-state index contributed by atoms with van der Waals surface area (Å²) in [7, 11) is 1.91. The summed E-state index contributed by atoms with van der Waals surface area (Å²) in [5, 5.41) is 14.7. The molecule has 5 nitrogen and oxygen atoms in total. The van der Waals surface area contributed by atoms with Gasteiger partial charge in [-0.05, 0) is 24.5 Å². The summed E-state index contributed by atoms with van der Waals surface area (Å²) in [6.07, 6.45) is 4.15. The molecular formula is C12H16N4O. The largest absolute Gasteiger partial charge is 0.394 e. The van der Waals surface area contributed by atoms with Crippen molar-refractivity contribution in [2.24, 2.45) is 12.8 Å². The average Bonchev–Trinajstić information content (AvgIpc) is 3.14. The molecule has 0 saturated heterocycles. The highest BCUT2D eigenvalue weighted by molar-refractivity contribution is 5.80. The molecule has 2 aromatic rings. The smallest absolute Gasteiger partial charge is 0.157 e. The lowest BCUT2D eigenvalue weighted by Gasteiger charge is -2.07. The van der Waals surface area contributed by atoms with E-state index in [4.69, 9.17) is 10.8 Å². The highest BCUT2D eigenvalue weighted by atomic mass is 16.3. The summed E-state index contributed by atoms with van der Waals surface area (Å²) in [5.74, 6) is 0.584. The Morgan fingerprint density at radius 3 is 3.00 bits per heavy atom. The summed E-state index contributed by atoms with van der Waals surface area (Å²) in [6.45, 7) is -0.0633. The molecule has 5 heteroatoms. The molecule has 3 N–H and O–H groups in total. The van der Waals surface area contributed by atoms with Gasteiger partial charge in [0, 0.05) is 24.5 Å². The van der Waals surface area contributed by atoms with Crippen LogP contribution in [0.15, 0.2) is 12.3 Å². The maximum absolute atomic E-state index is 9.08. The van der Waals surface area contributed by atoms with Crippen LogP contribution < -0.4 is 5.73 Å². The Morgan fingerprint density at radius 2 is 2.35 bits per heavy atom. The Kier molecular flexibility index (Phi) is 2.38. The van der Waals surface area contributed by atoms with Crippen LogP contribution in [0, 0.1) is 0 Å². The fraction of sp³-hybridized carbons (Fsp3) is 0.500. The number of rotatable bonds is 3. The van der Waals surface area contributed by atoms with E-state index in [2.05, 4.69) is 10.1 Å². The molecule has 2 aromatic heterocycles. The Bertz CT molecular complexity index is 559. The van der Waals surface area contributed by atoms with Crippen LogP contribution in [0.4, 0.5) is 0 Å². The third-order valence-corrected chi connectivity index (χ3v) is 3.32. The third-order valence-electron chi connectivity index (χ3n) is 3.32. The molecule has 1 aliphatic rings. The number of nitrogens with zero attached hydrogens (tertiary/aromatic N) is 3. The average molecular weight is 232 g/mol. The van der Waals surface area contributed by atoms with E-state index in [1.54, 1.807) is 6.20 Å². The first-order valence-corrected chi connectivity index (χ1v) is 5.89. The standard InChI is InChI=1S/C12H16N4O/c1-16-12-9(11(15-16)7-2-3-7)4-8(5-14-12)10(13)6-17/h4-5,7,10,17H,2-3,6,13H2,1H3. The second kappa shape index (κ2) is 3.78. The maximum atomic E-state index is 9.08. The second-order valence-electron chi connectivity index (χ2n) is 4.71. The molecule has 1 unspecified atom stereocenters. The van der Waals surface area contributed by atoms with Crippen LogP contribution in [0.3, 0.4) is 0 Å². The van der Waals surface area contributed by atoms with Crippen molar-refractivity contribution in [3.63, 3.8) is 0 Å². The first-order chi connectivity index (χ1) is 8.20. The first kappa shape index (κ1) is 10.7. The SMILES string of the molecule is Cn1nc(C2CC2)c2cc(C(N)CO)cnc21. The van der Waals surface area contributed by atoms with Crippen LogP contribution in [0.2, 0.25) is 0 Å². The van der Waals surface area contributed by atoms with Gasteiger partial charge in [0.2, 0.25) is 0 Å². The molecule has 0 radical (unpaired) electrons. The molecule has 1 aliphatic carbocycles. The van der Waals surface area contributed by atoms with Crippen molar-refractivity contribution in [2.75, 3.05) is 6.61 Å². The van der Waals surface area contributed by atoms with E-state index < -0.39 is 0 Å². The van der Waals surface area contributed by atoms with Gasteiger partial charge in [0.25, 0.3) is 0 Å². The fourth-order valence-corrected chi connectivity index (χ4v) is 2.15. The van der Waals surface area contributed by atoms with Gasteiger partial charge >= 0.3 is 0 Å². The number of aliphatic hydroxyl groups excluding tert-OH is 1. The predicted molar refractivity (Wildman–Crippen MR) is 64.5 cm³/mol. The second-order valence-corrected chi connectivity index (χ2v) is 4.71. The van der Waals surface area contributed by atoms with Crippen LogP contribution in [-0.4, -0.2) is 26.5 Å². The van der Waals surface area contributed by atoms with Crippen molar-refractivity contribution in [3.8, 4) is 0 Å². The Morgan fingerprint density at radius 1 is 1.59 bits per heavy atom. The molecule has 90 valence electrons. The van der Waals surface area contributed by atoms with Crippen LogP contribution in [0.1, 0.15) is 36.1 Å². The number of hydrogen-bond acceptors (Lipinski definition) is 4. The van der Waals surface area contributed by atoms with Gasteiger partial charge in [-0.25, -0.2) is 4.98 Å². The molecule has 1 fully saturated rings. The summed E-state index contributed by atoms with van der Waals surface area (Å²) in [4.78, 5) is 4.39. The number of fused-ring (bicyclic) bond motifs is 1. The molecule has 1 saturated carbocycles. The van der Waals surface area contributed by atoms with Gasteiger partial charge in [-0.15, -0.1) is 0 Å². The van der Waals surface area contributed by atoms with E-state index >= 15 is 0 Å². The first-order valence-electron chi connectivity index (χ1n) is 5.89. The molecule has 1 atom stereocenters.